The minimum Gasteiger partial charge on any atom is -0.325 e. The minimum atomic E-state index is -6.84. The van der Waals surface area contributed by atoms with E-state index < -0.39 is 59.1 Å². The first-order valence-corrected chi connectivity index (χ1v) is 10.7. The molecule has 0 aromatic heterocycles. The summed E-state index contributed by atoms with van der Waals surface area (Å²) in [6.07, 6.45) is -10.7. The van der Waals surface area contributed by atoms with Crippen LogP contribution in [0.15, 0.2) is 0 Å². The highest BCUT2D eigenvalue weighted by Gasteiger charge is 2.76. The number of hydrogen-bond donors (Lipinski definition) is 1. The van der Waals surface area contributed by atoms with E-state index in [9.17, 15) is 47.9 Å². The van der Waals surface area contributed by atoms with Crippen LogP contribution in [-0.2, 0) is 10.1 Å². The number of nitrogens with zero attached hydrogens (tertiary/aromatic N) is 1. The lowest BCUT2D eigenvalue weighted by Crippen LogP contribution is -2.57. The van der Waals surface area contributed by atoms with Gasteiger partial charge in [-0.3, -0.25) is 4.55 Å². The number of unbranched alkanes of at least 4 members (excludes halogenated alkanes) is 1. The van der Waals surface area contributed by atoms with Gasteiger partial charge in [0.1, 0.15) is 0 Å². The van der Waals surface area contributed by atoms with Crippen molar-refractivity contribution in [2.24, 2.45) is 0 Å². The molecule has 14 heteroatoms. The van der Waals surface area contributed by atoms with Crippen LogP contribution in [0.4, 0.5) is 39.5 Å². The Morgan fingerprint density at radius 2 is 1.03 bits per heavy atom. The summed E-state index contributed by atoms with van der Waals surface area (Å²) in [7, 11) is -6.84. The molecule has 0 radical (unpaired) electrons. The van der Waals surface area contributed by atoms with Gasteiger partial charge in [-0.2, -0.15) is 47.9 Å². The Labute approximate surface area is 170 Å². The molecule has 0 aromatic rings. The summed E-state index contributed by atoms with van der Waals surface area (Å²) in [5, 5.41) is -6.48. The highest BCUT2D eigenvalue weighted by Crippen LogP contribution is 2.50. The first-order chi connectivity index (χ1) is 13.2. The van der Waals surface area contributed by atoms with Gasteiger partial charge >= 0.3 is 33.4 Å². The molecule has 184 valence electrons. The van der Waals surface area contributed by atoms with Crippen molar-refractivity contribution in [2.75, 3.05) is 26.2 Å². The molecule has 0 aromatic carbocycles. The van der Waals surface area contributed by atoms with Crippen LogP contribution in [0.2, 0.25) is 0 Å². The summed E-state index contributed by atoms with van der Waals surface area (Å²) in [6.45, 7) is 14.2. The molecular formula is C16H29F9NO3S+. The first-order valence-electron chi connectivity index (χ1n) is 9.22. The second-order valence-electron chi connectivity index (χ2n) is 6.70. The molecule has 30 heavy (non-hydrogen) atoms. The molecule has 0 bridgehead atoms. The van der Waals surface area contributed by atoms with E-state index in [1.165, 1.54) is 30.7 Å². The van der Waals surface area contributed by atoms with Gasteiger partial charge in [0.25, 0.3) is 0 Å². The summed E-state index contributed by atoms with van der Waals surface area (Å²) < 4.78 is 141. The van der Waals surface area contributed by atoms with Crippen LogP contribution in [0.1, 0.15) is 53.4 Å². The second kappa shape index (κ2) is 11.2. The molecule has 0 aliphatic carbocycles. The van der Waals surface area contributed by atoms with Gasteiger partial charge in [0.15, 0.2) is 0 Å². The maximum atomic E-state index is 13.0. The normalized spacial score (nSPS) is 14.3. The molecule has 0 aliphatic rings. The monoisotopic (exact) mass is 486 g/mol. The SMILES string of the molecule is CC[N+](CC)(CC)CC.O=S(=O)(O)C(F)(F)C(F)(F)C(F)(F)CCCCC(F)(F)F. The number of rotatable bonds is 11. The highest BCUT2D eigenvalue weighted by molar-refractivity contribution is 7.87. The predicted octanol–water partition coefficient (Wildman–Crippen LogP) is 5.74. The van der Waals surface area contributed by atoms with Gasteiger partial charge in [0.2, 0.25) is 0 Å². The predicted molar refractivity (Wildman–Crippen MR) is 93.3 cm³/mol. The van der Waals surface area contributed by atoms with Crippen LogP contribution in [0, 0.1) is 0 Å². The van der Waals surface area contributed by atoms with Gasteiger partial charge in [-0.25, -0.2) is 0 Å². The average Bonchev–Trinajstić information content (AvgIpc) is 2.60. The lowest BCUT2D eigenvalue weighted by Gasteiger charge is -2.34. The van der Waals surface area contributed by atoms with E-state index in [0.29, 0.717) is 0 Å². The van der Waals surface area contributed by atoms with Crippen molar-refractivity contribution in [1.82, 2.24) is 0 Å². The highest BCUT2D eigenvalue weighted by atomic mass is 32.2. The molecule has 1 N–H and O–H groups in total. The molecule has 0 amide bonds. The molecule has 4 nitrogen and oxygen atoms in total. The average molecular weight is 486 g/mol. The Bertz CT molecular complexity index is 586. The van der Waals surface area contributed by atoms with Crippen LogP contribution < -0.4 is 0 Å². The smallest absolute Gasteiger partial charge is 0.325 e. The van der Waals surface area contributed by atoms with Crippen molar-refractivity contribution in [3.8, 4) is 0 Å². The summed E-state index contributed by atoms with van der Waals surface area (Å²) >= 11 is 0. The van der Waals surface area contributed by atoms with Crippen LogP contribution >= 0.6 is 0 Å². The molecule has 0 unspecified atom stereocenters. The number of halogens is 9. The molecule has 0 rings (SSSR count). The van der Waals surface area contributed by atoms with Crippen molar-refractivity contribution in [3.63, 3.8) is 0 Å². The molecule has 0 fully saturated rings. The third-order valence-electron chi connectivity index (χ3n) is 5.03. The van der Waals surface area contributed by atoms with E-state index in [1.807, 2.05) is 0 Å². The summed E-state index contributed by atoms with van der Waals surface area (Å²) in [4.78, 5) is 0. The number of alkyl halides is 9. The third-order valence-corrected chi connectivity index (χ3v) is 5.94. The Morgan fingerprint density at radius 1 is 0.700 bits per heavy atom. The fourth-order valence-corrected chi connectivity index (χ4v) is 3.02. The van der Waals surface area contributed by atoms with E-state index in [-0.39, 0.29) is 0 Å². The molecule has 0 atom stereocenters. The Kier molecular flexibility index (Phi) is 11.7. The second-order valence-corrected chi connectivity index (χ2v) is 8.16. The Balaban J connectivity index is 0. The number of hydrogen-bond acceptors (Lipinski definition) is 2. The van der Waals surface area contributed by atoms with Crippen LogP contribution in [-0.4, -0.2) is 66.9 Å². The lowest BCUT2D eigenvalue weighted by atomic mass is 10.0. The standard InChI is InChI=1S/C8H9F9O3S.C8H20N/c9-5(10,3-1-2-4-6(11,12)13)7(14,15)8(16,17)21(18,19)20;1-5-9(6-2,7-3)8-4/h1-4H2,(H,18,19,20);5-8H2,1-4H3/q;+1. The van der Waals surface area contributed by atoms with Crippen LogP contribution in [0.3, 0.4) is 0 Å². The van der Waals surface area contributed by atoms with Crippen molar-refractivity contribution in [3.05, 3.63) is 0 Å². The van der Waals surface area contributed by atoms with Crippen LogP contribution in [0.25, 0.3) is 0 Å². The van der Waals surface area contributed by atoms with Gasteiger partial charge in [0.05, 0.1) is 26.2 Å². The molecule has 0 spiro atoms. The molecule has 0 saturated heterocycles. The van der Waals surface area contributed by atoms with Crippen LogP contribution in [0.5, 0.6) is 0 Å². The largest absolute Gasteiger partial charge is 0.437 e. The third kappa shape index (κ3) is 8.40. The molecule has 0 heterocycles. The maximum absolute atomic E-state index is 13.0. The van der Waals surface area contributed by atoms with E-state index in [2.05, 4.69) is 27.7 Å². The minimum absolute atomic E-state index is 1.04. The van der Waals surface area contributed by atoms with E-state index in [0.717, 1.165) is 0 Å². The fourth-order valence-electron chi connectivity index (χ4n) is 2.55. The van der Waals surface area contributed by atoms with Crippen molar-refractivity contribution in [2.45, 2.75) is 76.7 Å². The van der Waals surface area contributed by atoms with Gasteiger partial charge < -0.3 is 4.48 Å². The summed E-state index contributed by atoms with van der Waals surface area (Å²) in [5.41, 5.74) is 0. The molecule has 0 aliphatic heterocycles. The quantitative estimate of drug-likeness (QED) is 0.175. The molecule has 0 saturated carbocycles. The van der Waals surface area contributed by atoms with Gasteiger partial charge in [-0.15, -0.1) is 0 Å². The maximum Gasteiger partial charge on any atom is 0.437 e. The Morgan fingerprint density at radius 3 is 1.27 bits per heavy atom. The number of quaternary nitrogens is 1. The lowest BCUT2D eigenvalue weighted by molar-refractivity contribution is -0.921. The first kappa shape index (κ1) is 31.4. The fraction of sp³-hybridized carbons (Fsp3) is 1.00. The van der Waals surface area contributed by atoms with E-state index in [1.54, 1.807) is 0 Å². The van der Waals surface area contributed by atoms with Crippen molar-refractivity contribution in [1.29, 1.82) is 0 Å². The van der Waals surface area contributed by atoms with Crippen molar-refractivity contribution >= 4 is 10.1 Å². The zero-order chi connectivity index (χ0) is 24.7. The zero-order valence-corrected chi connectivity index (χ0v) is 18.0. The zero-order valence-electron chi connectivity index (χ0n) is 17.2. The van der Waals surface area contributed by atoms with Gasteiger partial charge in [-0.1, -0.05) is 0 Å². The van der Waals surface area contributed by atoms with Gasteiger partial charge in [0, 0.05) is 12.8 Å². The summed E-state index contributed by atoms with van der Waals surface area (Å²) in [5.74, 6) is -12.1. The van der Waals surface area contributed by atoms with E-state index in [4.69, 9.17) is 4.55 Å². The summed E-state index contributed by atoms with van der Waals surface area (Å²) in [6, 6.07) is 0. The van der Waals surface area contributed by atoms with E-state index >= 15 is 0 Å². The topological polar surface area (TPSA) is 54.4 Å². The van der Waals surface area contributed by atoms with Gasteiger partial charge in [-0.05, 0) is 40.5 Å². The molecular weight excluding hydrogens is 457 g/mol. The Hall–Kier alpha value is -0.760. The van der Waals surface area contributed by atoms with Crippen molar-refractivity contribution < 1.29 is 57.0 Å².